The van der Waals surface area contributed by atoms with Crippen LogP contribution in [0.2, 0.25) is 5.02 Å². The SMILES string of the molecule is C#CCN(CC1CC1)C(=O)c1scc(C)c1Cl. The fraction of sp³-hybridized carbons (Fsp3) is 0.462. The van der Waals surface area contributed by atoms with Crippen LogP contribution in [-0.2, 0) is 0 Å². The van der Waals surface area contributed by atoms with E-state index in [1.165, 1.54) is 24.2 Å². The van der Waals surface area contributed by atoms with Crippen LogP contribution >= 0.6 is 22.9 Å². The quantitative estimate of drug-likeness (QED) is 0.767. The van der Waals surface area contributed by atoms with Gasteiger partial charge in [0.1, 0.15) is 4.88 Å². The molecule has 4 heteroatoms. The number of thiophene rings is 1. The molecule has 2 nitrogen and oxygen atoms in total. The third-order valence-electron chi connectivity index (χ3n) is 2.84. The first-order valence-electron chi connectivity index (χ1n) is 5.59. The number of carbonyl (C=O) groups excluding carboxylic acids is 1. The summed E-state index contributed by atoms with van der Waals surface area (Å²) < 4.78 is 0. The lowest BCUT2D eigenvalue weighted by molar-refractivity contribution is 0.0774. The van der Waals surface area contributed by atoms with Crippen LogP contribution in [0.1, 0.15) is 28.1 Å². The average Bonchev–Trinajstić information content (AvgIpc) is 3.06. The fourth-order valence-corrected chi connectivity index (χ4v) is 2.90. The maximum atomic E-state index is 12.3. The van der Waals surface area contributed by atoms with Crippen molar-refractivity contribution in [3.8, 4) is 12.3 Å². The zero-order valence-corrected chi connectivity index (χ0v) is 11.3. The topological polar surface area (TPSA) is 20.3 Å². The van der Waals surface area contributed by atoms with E-state index < -0.39 is 0 Å². The van der Waals surface area contributed by atoms with E-state index in [-0.39, 0.29) is 5.91 Å². The van der Waals surface area contributed by atoms with Gasteiger partial charge in [-0.2, -0.15) is 0 Å². The molecule has 1 amide bonds. The molecule has 0 atom stereocenters. The number of terminal acetylenes is 1. The van der Waals surface area contributed by atoms with Crippen LogP contribution in [0.5, 0.6) is 0 Å². The van der Waals surface area contributed by atoms with Crippen molar-refractivity contribution in [3.05, 3.63) is 20.8 Å². The van der Waals surface area contributed by atoms with Gasteiger partial charge >= 0.3 is 0 Å². The number of rotatable bonds is 4. The zero-order chi connectivity index (χ0) is 12.4. The number of hydrogen-bond acceptors (Lipinski definition) is 2. The third kappa shape index (κ3) is 2.83. The Bertz CT molecular complexity index is 470. The molecule has 1 heterocycles. The van der Waals surface area contributed by atoms with E-state index in [0.29, 0.717) is 22.4 Å². The summed E-state index contributed by atoms with van der Waals surface area (Å²) in [5.74, 6) is 3.15. The Hall–Kier alpha value is -0.980. The van der Waals surface area contributed by atoms with Gasteiger partial charge in [0, 0.05) is 6.54 Å². The monoisotopic (exact) mass is 267 g/mol. The Morgan fingerprint density at radius 3 is 2.88 bits per heavy atom. The van der Waals surface area contributed by atoms with Gasteiger partial charge in [0.25, 0.3) is 5.91 Å². The highest BCUT2D eigenvalue weighted by Crippen LogP contribution is 2.32. The molecule has 0 radical (unpaired) electrons. The molecular formula is C13H14ClNOS. The van der Waals surface area contributed by atoms with Crippen molar-refractivity contribution in [2.24, 2.45) is 5.92 Å². The molecule has 0 spiro atoms. The summed E-state index contributed by atoms with van der Waals surface area (Å²) in [4.78, 5) is 14.6. The molecule has 1 aromatic heterocycles. The summed E-state index contributed by atoms with van der Waals surface area (Å²) in [5, 5.41) is 2.47. The van der Waals surface area contributed by atoms with Crippen molar-refractivity contribution >= 4 is 28.8 Å². The number of nitrogens with zero attached hydrogens (tertiary/aromatic N) is 1. The van der Waals surface area contributed by atoms with Crippen LogP contribution in [0.4, 0.5) is 0 Å². The smallest absolute Gasteiger partial charge is 0.266 e. The van der Waals surface area contributed by atoms with Gasteiger partial charge in [0.15, 0.2) is 0 Å². The number of carbonyl (C=O) groups is 1. The minimum atomic E-state index is -0.0297. The minimum Gasteiger partial charge on any atom is -0.326 e. The molecule has 0 saturated heterocycles. The molecule has 1 fully saturated rings. The summed E-state index contributed by atoms with van der Waals surface area (Å²) in [5.41, 5.74) is 0.951. The van der Waals surface area contributed by atoms with Gasteiger partial charge in [-0.15, -0.1) is 17.8 Å². The van der Waals surface area contributed by atoms with Gasteiger partial charge in [0.05, 0.1) is 11.6 Å². The van der Waals surface area contributed by atoms with E-state index in [1.54, 1.807) is 4.90 Å². The van der Waals surface area contributed by atoms with Crippen LogP contribution in [0, 0.1) is 25.2 Å². The molecule has 0 unspecified atom stereocenters. The predicted octanol–water partition coefficient (Wildman–Crippen LogP) is 3.20. The van der Waals surface area contributed by atoms with Crippen LogP contribution in [0.15, 0.2) is 5.38 Å². The maximum Gasteiger partial charge on any atom is 0.266 e. The zero-order valence-electron chi connectivity index (χ0n) is 9.70. The molecule has 90 valence electrons. The van der Waals surface area contributed by atoms with Crippen molar-refractivity contribution in [3.63, 3.8) is 0 Å². The first-order valence-corrected chi connectivity index (χ1v) is 6.85. The lowest BCUT2D eigenvalue weighted by atomic mass is 10.3. The molecule has 0 aromatic carbocycles. The second-order valence-corrected chi connectivity index (χ2v) is 5.65. The van der Waals surface area contributed by atoms with Crippen molar-refractivity contribution in [2.45, 2.75) is 19.8 Å². The number of aryl methyl sites for hydroxylation is 1. The summed E-state index contributed by atoms with van der Waals surface area (Å²) in [7, 11) is 0. The second-order valence-electron chi connectivity index (χ2n) is 4.39. The third-order valence-corrected chi connectivity index (χ3v) is 4.52. The molecule has 2 rings (SSSR count). The van der Waals surface area contributed by atoms with Crippen molar-refractivity contribution in [1.29, 1.82) is 0 Å². The highest BCUT2D eigenvalue weighted by atomic mass is 35.5. The van der Waals surface area contributed by atoms with E-state index in [0.717, 1.165) is 12.1 Å². The van der Waals surface area contributed by atoms with Gasteiger partial charge < -0.3 is 4.90 Å². The number of hydrogen-bond donors (Lipinski definition) is 0. The van der Waals surface area contributed by atoms with E-state index in [9.17, 15) is 4.79 Å². The summed E-state index contributed by atoms with van der Waals surface area (Å²) in [6.07, 6.45) is 7.71. The van der Waals surface area contributed by atoms with Gasteiger partial charge in [-0.3, -0.25) is 4.79 Å². The second kappa shape index (κ2) is 5.12. The van der Waals surface area contributed by atoms with Gasteiger partial charge in [0.2, 0.25) is 0 Å². The van der Waals surface area contributed by atoms with Crippen LogP contribution in [0.25, 0.3) is 0 Å². The minimum absolute atomic E-state index is 0.0297. The molecule has 1 aromatic rings. The Morgan fingerprint density at radius 1 is 1.71 bits per heavy atom. The number of halogens is 1. The Morgan fingerprint density at radius 2 is 2.41 bits per heavy atom. The highest BCUT2D eigenvalue weighted by molar-refractivity contribution is 7.13. The summed E-state index contributed by atoms with van der Waals surface area (Å²) in [6, 6.07) is 0. The number of amides is 1. The van der Waals surface area contributed by atoms with Gasteiger partial charge in [-0.1, -0.05) is 17.5 Å². The first-order chi connectivity index (χ1) is 8.13. The van der Waals surface area contributed by atoms with Gasteiger partial charge in [-0.05, 0) is 36.6 Å². The van der Waals surface area contributed by atoms with E-state index in [2.05, 4.69) is 5.92 Å². The standard InChI is InChI=1S/C13H14ClNOS/c1-3-6-15(7-10-4-5-10)13(16)12-11(14)9(2)8-17-12/h1,8,10H,4-7H2,2H3. The predicted molar refractivity (Wildman–Crippen MR) is 71.5 cm³/mol. The highest BCUT2D eigenvalue weighted by Gasteiger charge is 2.28. The van der Waals surface area contributed by atoms with Crippen LogP contribution in [0.3, 0.4) is 0 Å². The van der Waals surface area contributed by atoms with Gasteiger partial charge in [-0.25, -0.2) is 0 Å². The molecule has 17 heavy (non-hydrogen) atoms. The fourth-order valence-electron chi connectivity index (χ4n) is 1.66. The normalized spacial score (nSPS) is 14.4. The van der Waals surface area contributed by atoms with Crippen LogP contribution < -0.4 is 0 Å². The van der Waals surface area contributed by atoms with E-state index in [4.69, 9.17) is 18.0 Å². The Kier molecular flexibility index (Phi) is 3.76. The van der Waals surface area contributed by atoms with Crippen molar-refractivity contribution < 1.29 is 4.79 Å². The molecule has 0 N–H and O–H groups in total. The molecule has 0 aliphatic heterocycles. The van der Waals surface area contributed by atoms with Crippen molar-refractivity contribution in [2.75, 3.05) is 13.1 Å². The summed E-state index contributed by atoms with van der Waals surface area (Å²) in [6.45, 7) is 3.03. The largest absolute Gasteiger partial charge is 0.326 e. The van der Waals surface area contributed by atoms with Crippen LogP contribution in [-0.4, -0.2) is 23.9 Å². The Labute approximate surface area is 111 Å². The summed E-state index contributed by atoms with van der Waals surface area (Å²) >= 11 is 7.51. The molecule has 1 saturated carbocycles. The molecule has 1 aliphatic rings. The Balaban J connectivity index is 2.15. The molecular weight excluding hydrogens is 254 g/mol. The molecule has 0 bridgehead atoms. The van der Waals surface area contributed by atoms with E-state index in [1.807, 2.05) is 12.3 Å². The van der Waals surface area contributed by atoms with E-state index >= 15 is 0 Å². The average molecular weight is 268 g/mol. The van der Waals surface area contributed by atoms with Crippen molar-refractivity contribution in [1.82, 2.24) is 4.90 Å². The maximum absolute atomic E-state index is 12.3. The first kappa shape index (κ1) is 12.5. The lowest BCUT2D eigenvalue weighted by Gasteiger charge is -2.19. The lowest BCUT2D eigenvalue weighted by Crippen LogP contribution is -2.32. The molecule has 1 aliphatic carbocycles.